The van der Waals surface area contributed by atoms with E-state index >= 15 is 0 Å². The summed E-state index contributed by atoms with van der Waals surface area (Å²) < 4.78 is 20.2. The molecule has 2 N–H and O–H groups in total. The fraction of sp³-hybridized carbons (Fsp3) is 0.278. The summed E-state index contributed by atoms with van der Waals surface area (Å²) in [5, 5.41) is 23.7. The third-order valence-corrected chi connectivity index (χ3v) is 4.47. The van der Waals surface area contributed by atoms with Crippen molar-refractivity contribution in [2.24, 2.45) is 7.05 Å². The quantitative estimate of drug-likeness (QED) is 0.582. The Kier molecular flexibility index (Phi) is 5.14. The second kappa shape index (κ2) is 7.89. The van der Waals surface area contributed by atoms with Gasteiger partial charge in [-0.3, -0.25) is 4.79 Å². The summed E-state index contributed by atoms with van der Waals surface area (Å²) >= 11 is 0. The van der Waals surface area contributed by atoms with Gasteiger partial charge >= 0.3 is 0 Å². The summed E-state index contributed by atoms with van der Waals surface area (Å²) in [5.41, 5.74) is 1.45. The minimum absolute atomic E-state index is 0.211. The van der Waals surface area contributed by atoms with Crippen LogP contribution in [0.2, 0.25) is 0 Å². The fourth-order valence-corrected chi connectivity index (χ4v) is 3.09. The Balaban J connectivity index is 1.52. The van der Waals surface area contributed by atoms with Crippen LogP contribution in [0.3, 0.4) is 0 Å². The Hall–Kier alpha value is -3.44. The summed E-state index contributed by atoms with van der Waals surface area (Å²) in [6.07, 6.45) is 0.828. The van der Waals surface area contributed by atoms with Gasteiger partial charge in [-0.05, 0) is 35.5 Å². The van der Waals surface area contributed by atoms with Crippen LogP contribution in [-0.4, -0.2) is 62.1 Å². The lowest BCUT2D eigenvalue weighted by Crippen LogP contribution is -2.31. The largest absolute Gasteiger partial charge is 0.394 e. The van der Waals surface area contributed by atoms with Crippen LogP contribution in [0.25, 0.3) is 11.1 Å². The molecule has 11 heteroatoms. The first kappa shape index (κ1) is 18.9. The molecule has 0 radical (unpaired) electrons. The molecule has 4 rings (SSSR count). The van der Waals surface area contributed by atoms with Crippen LogP contribution in [-0.2, 0) is 16.6 Å². The Bertz CT molecular complexity index is 1010. The van der Waals surface area contributed by atoms with Gasteiger partial charge in [-0.2, -0.15) is 4.80 Å². The number of hydrogen-bond donors (Lipinski definition) is 2. The fourth-order valence-electron chi connectivity index (χ4n) is 3.09. The highest BCUT2D eigenvalue weighted by molar-refractivity contribution is 5.70. The molecule has 0 saturated carbocycles. The summed E-state index contributed by atoms with van der Waals surface area (Å²) in [6.45, 7) is 0.0918. The number of benzene rings is 1. The minimum atomic E-state index is -0.848. The van der Waals surface area contributed by atoms with Crippen molar-refractivity contribution in [2.45, 2.75) is 12.3 Å². The van der Waals surface area contributed by atoms with Crippen LogP contribution in [0.5, 0.6) is 0 Å². The van der Waals surface area contributed by atoms with Gasteiger partial charge in [0.1, 0.15) is 17.7 Å². The number of anilines is 3. The number of aromatic nitrogens is 5. The van der Waals surface area contributed by atoms with E-state index in [4.69, 9.17) is 4.74 Å². The van der Waals surface area contributed by atoms with Crippen molar-refractivity contribution in [2.75, 3.05) is 23.4 Å². The standard InChI is InChI=1S/C18H18FN7O3/c1-25-23-18(22-24-25)21-16-5-2-11(7-20-16)14-4-3-12(6-15(14)19)26-8-13(9-27)29-17(26)10-28/h2-7,10,13,17,27H,8-9H2,1H3,(H,20,21,23)/t13-,17?/m1/s1. The lowest BCUT2D eigenvalue weighted by Gasteiger charge is -2.21. The topological polar surface area (TPSA) is 118 Å². The molecule has 0 aliphatic carbocycles. The van der Waals surface area contributed by atoms with Crippen molar-refractivity contribution in [1.82, 2.24) is 25.2 Å². The number of halogens is 1. The van der Waals surface area contributed by atoms with E-state index in [-0.39, 0.29) is 6.61 Å². The van der Waals surface area contributed by atoms with Crippen molar-refractivity contribution in [3.63, 3.8) is 0 Å². The number of nitrogens with one attached hydrogen (secondary N) is 1. The molecular weight excluding hydrogens is 381 g/mol. The Morgan fingerprint density at radius 2 is 2.24 bits per heavy atom. The third-order valence-electron chi connectivity index (χ3n) is 4.47. The number of nitrogens with zero attached hydrogens (tertiary/aromatic N) is 6. The second-order valence-electron chi connectivity index (χ2n) is 6.44. The summed E-state index contributed by atoms with van der Waals surface area (Å²) in [4.78, 5) is 18.4. The van der Waals surface area contributed by atoms with Crippen LogP contribution in [0.4, 0.5) is 21.8 Å². The molecule has 1 saturated heterocycles. The van der Waals surface area contributed by atoms with Gasteiger partial charge in [0, 0.05) is 29.6 Å². The molecule has 1 aromatic carbocycles. The van der Waals surface area contributed by atoms with Gasteiger partial charge in [-0.15, -0.1) is 5.10 Å². The predicted molar refractivity (Wildman–Crippen MR) is 101 cm³/mol. The van der Waals surface area contributed by atoms with Crippen molar-refractivity contribution in [3.05, 3.63) is 42.3 Å². The first-order valence-electron chi connectivity index (χ1n) is 8.82. The van der Waals surface area contributed by atoms with E-state index in [9.17, 15) is 14.3 Å². The van der Waals surface area contributed by atoms with Gasteiger partial charge < -0.3 is 20.1 Å². The third kappa shape index (κ3) is 3.91. The van der Waals surface area contributed by atoms with Gasteiger partial charge in [-0.1, -0.05) is 5.10 Å². The van der Waals surface area contributed by atoms with Gasteiger partial charge in [0.25, 0.3) is 5.95 Å². The van der Waals surface area contributed by atoms with Crippen molar-refractivity contribution in [1.29, 1.82) is 0 Å². The second-order valence-corrected chi connectivity index (χ2v) is 6.44. The van der Waals surface area contributed by atoms with E-state index in [0.29, 0.717) is 41.4 Å². The maximum atomic E-state index is 14.8. The number of rotatable bonds is 6. The highest BCUT2D eigenvalue weighted by atomic mass is 19.1. The number of hydrogen-bond acceptors (Lipinski definition) is 9. The molecule has 0 amide bonds. The smallest absolute Gasteiger partial charge is 0.268 e. The maximum absolute atomic E-state index is 14.8. The molecule has 150 valence electrons. The monoisotopic (exact) mass is 399 g/mol. The zero-order valence-electron chi connectivity index (χ0n) is 15.4. The van der Waals surface area contributed by atoms with Crippen molar-refractivity contribution >= 4 is 23.7 Å². The molecule has 2 aromatic heterocycles. The number of aliphatic hydroxyl groups is 1. The first-order chi connectivity index (χ1) is 14.1. The molecule has 0 spiro atoms. The molecule has 2 atom stereocenters. The predicted octanol–water partition coefficient (Wildman–Crippen LogP) is 0.877. The first-order valence-corrected chi connectivity index (χ1v) is 8.82. The Morgan fingerprint density at radius 3 is 2.86 bits per heavy atom. The number of ether oxygens (including phenoxy) is 1. The molecular formula is C18H18FN7O3. The zero-order valence-corrected chi connectivity index (χ0v) is 15.4. The van der Waals surface area contributed by atoms with Crippen molar-refractivity contribution < 1.29 is 19.0 Å². The Labute approximate surface area is 164 Å². The van der Waals surface area contributed by atoms with Crippen LogP contribution in [0.15, 0.2) is 36.5 Å². The highest BCUT2D eigenvalue weighted by Crippen LogP contribution is 2.30. The highest BCUT2D eigenvalue weighted by Gasteiger charge is 2.32. The Morgan fingerprint density at radius 1 is 1.38 bits per heavy atom. The van der Waals surface area contributed by atoms with Crippen LogP contribution in [0.1, 0.15) is 0 Å². The number of aldehydes is 1. The number of carbonyl (C=O) groups is 1. The molecule has 29 heavy (non-hydrogen) atoms. The average molecular weight is 399 g/mol. The molecule has 1 aliphatic heterocycles. The van der Waals surface area contributed by atoms with E-state index in [0.717, 1.165) is 0 Å². The summed E-state index contributed by atoms with van der Waals surface area (Å²) in [7, 11) is 1.65. The molecule has 1 fully saturated rings. The van der Waals surface area contributed by atoms with E-state index in [1.165, 1.54) is 17.1 Å². The molecule has 3 aromatic rings. The zero-order chi connectivity index (χ0) is 20.4. The number of aliphatic hydroxyl groups excluding tert-OH is 1. The van der Waals surface area contributed by atoms with Gasteiger partial charge in [0.15, 0.2) is 12.5 Å². The molecule has 10 nitrogen and oxygen atoms in total. The maximum Gasteiger partial charge on any atom is 0.268 e. The molecule has 1 unspecified atom stereocenters. The molecule has 1 aliphatic rings. The van der Waals surface area contributed by atoms with Gasteiger partial charge in [0.2, 0.25) is 0 Å². The van der Waals surface area contributed by atoms with Crippen LogP contribution in [0, 0.1) is 5.82 Å². The van der Waals surface area contributed by atoms with E-state index in [1.807, 2.05) is 0 Å². The molecule has 0 bridgehead atoms. The number of tetrazole rings is 1. The van der Waals surface area contributed by atoms with Gasteiger partial charge in [-0.25, -0.2) is 9.37 Å². The number of pyridine rings is 1. The summed E-state index contributed by atoms with van der Waals surface area (Å²) in [5.74, 6) is 0.344. The molecule has 3 heterocycles. The lowest BCUT2D eigenvalue weighted by atomic mass is 10.1. The van der Waals surface area contributed by atoms with E-state index in [1.54, 1.807) is 36.2 Å². The van der Waals surface area contributed by atoms with E-state index in [2.05, 4.69) is 25.7 Å². The average Bonchev–Trinajstić information content (AvgIpc) is 3.34. The number of aryl methyl sites for hydroxylation is 1. The minimum Gasteiger partial charge on any atom is -0.394 e. The SMILES string of the molecule is Cn1nnc(Nc2ccc(-c3ccc(N4C[C@H](CO)OC4C=O)cc3F)cn2)n1. The summed E-state index contributed by atoms with van der Waals surface area (Å²) in [6, 6.07) is 8.06. The lowest BCUT2D eigenvalue weighted by molar-refractivity contribution is -0.117. The van der Waals surface area contributed by atoms with Crippen molar-refractivity contribution in [3.8, 4) is 11.1 Å². The van der Waals surface area contributed by atoms with Crippen LogP contribution >= 0.6 is 0 Å². The number of carbonyl (C=O) groups excluding carboxylic acids is 1. The normalized spacial score (nSPS) is 18.8. The van der Waals surface area contributed by atoms with Gasteiger partial charge in [0.05, 0.1) is 13.7 Å². The van der Waals surface area contributed by atoms with Crippen LogP contribution < -0.4 is 10.2 Å². The van der Waals surface area contributed by atoms with E-state index < -0.39 is 18.1 Å².